The van der Waals surface area contributed by atoms with Gasteiger partial charge in [-0.1, -0.05) is 37.3 Å². The highest BCUT2D eigenvalue weighted by Gasteiger charge is 2.04. The zero-order valence-corrected chi connectivity index (χ0v) is 10.1. The number of carbonyl (C=O) groups excluding carboxylic acids is 1. The van der Waals surface area contributed by atoms with Gasteiger partial charge in [0.1, 0.15) is 5.78 Å². The number of benzene rings is 1. The van der Waals surface area contributed by atoms with Crippen LogP contribution in [0.5, 0.6) is 0 Å². The molecule has 0 bridgehead atoms. The summed E-state index contributed by atoms with van der Waals surface area (Å²) in [5.74, 6) is 0.684. The smallest absolute Gasteiger partial charge is 0.130 e. The molecule has 88 valence electrons. The van der Waals surface area contributed by atoms with E-state index >= 15 is 0 Å². The van der Waals surface area contributed by atoms with Gasteiger partial charge < -0.3 is 9.53 Å². The molecule has 1 aromatic rings. The predicted octanol–water partition coefficient (Wildman–Crippen LogP) is 3.21. The topological polar surface area (TPSA) is 26.3 Å². The van der Waals surface area contributed by atoms with Crippen molar-refractivity contribution in [3.8, 4) is 0 Å². The Morgan fingerprint density at radius 2 is 2.00 bits per heavy atom. The first-order valence-corrected chi connectivity index (χ1v) is 5.79. The second-order valence-corrected chi connectivity index (χ2v) is 4.34. The molecule has 2 nitrogen and oxygen atoms in total. The number of ether oxygens (including phenoxy) is 1. The van der Waals surface area contributed by atoms with E-state index in [1.54, 1.807) is 6.92 Å². The summed E-state index contributed by atoms with van der Waals surface area (Å²) in [6.07, 6.45) is 1.61. The van der Waals surface area contributed by atoms with Crippen LogP contribution in [0.4, 0.5) is 0 Å². The van der Waals surface area contributed by atoms with E-state index in [2.05, 4.69) is 19.1 Å². The third-order valence-corrected chi connectivity index (χ3v) is 2.50. The molecule has 0 saturated carbocycles. The lowest BCUT2D eigenvalue weighted by molar-refractivity contribution is -0.117. The first kappa shape index (κ1) is 12.9. The molecule has 1 unspecified atom stereocenters. The van der Waals surface area contributed by atoms with Crippen LogP contribution in [-0.4, -0.2) is 12.4 Å². The molecule has 2 heteroatoms. The molecular weight excluding hydrogens is 200 g/mol. The molecule has 1 rings (SSSR count). The highest BCUT2D eigenvalue weighted by Crippen LogP contribution is 2.09. The Bertz CT molecular complexity index is 306. The molecule has 0 radical (unpaired) electrons. The summed E-state index contributed by atoms with van der Waals surface area (Å²) in [4.78, 5) is 10.9. The van der Waals surface area contributed by atoms with Gasteiger partial charge in [-0.15, -0.1) is 0 Å². The number of hydrogen-bond donors (Lipinski definition) is 0. The van der Waals surface area contributed by atoms with E-state index < -0.39 is 0 Å². The third-order valence-electron chi connectivity index (χ3n) is 2.50. The zero-order valence-electron chi connectivity index (χ0n) is 10.1. The summed E-state index contributed by atoms with van der Waals surface area (Å²) in [5, 5.41) is 0. The summed E-state index contributed by atoms with van der Waals surface area (Å²) in [5.41, 5.74) is 1.20. The van der Waals surface area contributed by atoms with E-state index in [1.165, 1.54) is 5.56 Å². The molecule has 0 aromatic heterocycles. The first-order valence-electron chi connectivity index (χ1n) is 5.79. The van der Waals surface area contributed by atoms with E-state index in [0.717, 1.165) is 13.0 Å². The standard InChI is InChI=1S/C14H20O2/c1-12(10-13(2)15)8-9-16-11-14-6-4-3-5-7-14/h3-7,12H,8-11H2,1-2H3. The maximum Gasteiger partial charge on any atom is 0.130 e. The second kappa shape index (κ2) is 7.18. The van der Waals surface area contributed by atoms with E-state index in [9.17, 15) is 4.79 Å². The molecule has 0 spiro atoms. The molecule has 0 fully saturated rings. The Morgan fingerprint density at radius 3 is 2.62 bits per heavy atom. The number of rotatable bonds is 7. The first-order chi connectivity index (χ1) is 7.68. The lowest BCUT2D eigenvalue weighted by atomic mass is 10.0. The summed E-state index contributed by atoms with van der Waals surface area (Å²) < 4.78 is 5.56. The van der Waals surface area contributed by atoms with Gasteiger partial charge in [-0.25, -0.2) is 0 Å². The number of Topliss-reactive ketones (excluding diaryl/α,β-unsaturated/α-hetero) is 1. The van der Waals surface area contributed by atoms with Crippen LogP contribution in [0.1, 0.15) is 32.3 Å². The Hall–Kier alpha value is -1.15. The van der Waals surface area contributed by atoms with Gasteiger partial charge in [-0.2, -0.15) is 0 Å². The minimum atomic E-state index is 0.260. The van der Waals surface area contributed by atoms with Gasteiger partial charge in [-0.3, -0.25) is 0 Å². The molecule has 16 heavy (non-hydrogen) atoms. The fourth-order valence-corrected chi connectivity index (χ4v) is 1.64. The molecule has 0 heterocycles. The molecule has 0 aliphatic rings. The van der Waals surface area contributed by atoms with E-state index in [-0.39, 0.29) is 5.78 Å². The molecule has 0 aliphatic heterocycles. The largest absolute Gasteiger partial charge is 0.377 e. The SMILES string of the molecule is CC(=O)CC(C)CCOCc1ccccc1. The average molecular weight is 220 g/mol. The van der Waals surface area contributed by atoms with Gasteiger partial charge in [0.05, 0.1) is 6.61 Å². The van der Waals surface area contributed by atoms with Crippen LogP contribution in [0, 0.1) is 5.92 Å². The summed E-state index contributed by atoms with van der Waals surface area (Å²) >= 11 is 0. The van der Waals surface area contributed by atoms with Gasteiger partial charge in [0.25, 0.3) is 0 Å². The minimum Gasteiger partial charge on any atom is -0.377 e. The monoisotopic (exact) mass is 220 g/mol. The zero-order chi connectivity index (χ0) is 11.8. The van der Waals surface area contributed by atoms with Gasteiger partial charge in [0.2, 0.25) is 0 Å². The summed E-state index contributed by atoms with van der Waals surface area (Å²) in [7, 11) is 0. The van der Waals surface area contributed by atoms with Crippen molar-refractivity contribution in [2.75, 3.05) is 6.61 Å². The highest BCUT2D eigenvalue weighted by atomic mass is 16.5. The number of carbonyl (C=O) groups is 1. The van der Waals surface area contributed by atoms with Crippen LogP contribution in [0.25, 0.3) is 0 Å². The van der Waals surface area contributed by atoms with Crippen LogP contribution in [0.3, 0.4) is 0 Å². The van der Waals surface area contributed by atoms with Crippen molar-refractivity contribution in [3.63, 3.8) is 0 Å². The van der Waals surface area contributed by atoms with Crippen LogP contribution in [0.15, 0.2) is 30.3 Å². The van der Waals surface area contributed by atoms with Crippen molar-refractivity contribution in [1.82, 2.24) is 0 Å². The maximum absolute atomic E-state index is 10.9. The van der Waals surface area contributed by atoms with Crippen molar-refractivity contribution in [3.05, 3.63) is 35.9 Å². The van der Waals surface area contributed by atoms with Crippen LogP contribution >= 0.6 is 0 Å². The Labute approximate surface area is 97.6 Å². The fourth-order valence-electron chi connectivity index (χ4n) is 1.64. The Balaban J connectivity index is 2.10. The lowest BCUT2D eigenvalue weighted by Gasteiger charge is -2.09. The van der Waals surface area contributed by atoms with Gasteiger partial charge in [0, 0.05) is 13.0 Å². The summed E-state index contributed by atoms with van der Waals surface area (Å²) in [6.45, 7) is 5.12. The van der Waals surface area contributed by atoms with Crippen molar-refractivity contribution < 1.29 is 9.53 Å². The van der Waals surface area contributed by atoms with Crippen molar-refractivity contribution in [2.45, 2.75) is 33.3 Å². The molecule has 1 atom stereocenters. The molecule has 0 N–H and O–H groups in total. The second-order valence-electron chi connectivity index (χ2n) is 4.34. The fraction of sp³-hybridized carbons (Fsp3) is 0.500. The minimum absolute atomic E-state index is 0.260. The average Bonchev–Trinajstić information content (AvgIpc) is 2.25. The van der Waals surface area contributed by atoms with Crippen molar-refractivity contribution >= 4 is 5.78 Å². The van der Waals surface area contributed by atoms with Crippen LogP contribution < -0.4 is 0 Å². The van der Waals surface area contributed by atoms with Gasteiger partial charge in [0.15, 0.2) is 0 Å². The predicted molar refractivity (Wildman–Crippen MR) is 65.2 cm³/mol. The summed E-state index contributed by atoms with van der Waals surface area (Å²) in [6, 6.07) is 10.1. The van der Waals surface area contributed by atoms with E-state index in [1.807, 2.05) is 18.2 Å². The van der Waals surface area contributed by atoms with Crippen LogP contribution in [-0.2, 0) is 16.1 Å². The third kappa shape index (κ3) is 5.66. The molecule has 0 amide bonds. The van der Waals surface area contributed by atoms with E-state index in [4.69, 9.17) is 4.74 Å². The van der Waals surface area contributed by atoms with Gasteiger partial charge >= 0.3 is 0 Å². The van der Waals surface area contributed by atoms with Crippen molar-refractivity contribution in [2.24, 2.45) is 5.92 Å². The lowest BCUT2D eigenvalue weighted by Crippen LogP contribution is -2.06. The van der Waals surface area contributed by atoms with Crippen LogP contribution in [0.2, 0.25) is 0 Å². The molecule has 0 aliphatic carbocycles. The quantitative estimate of drug-likeness (QED) is 0.659. The highest BCUT2D eigenvalue weighted by molar-refractivity contribution is 5.75. The van der Waals surface area contributed by atoms with Crippen molar-refractivity contribution in [1.29, 1.82) is 0 Å². The number of hydrogen-bond acceptors (Lipinski definition) is 2. The molecular formula is C14H20O2. The Kier molecular flexibility index (Phi) is 5.79. The molecule has 1 aromatic carbocycles. The normalized spacial score (nSPS) is 12.4. The number of ketones is 1. The van der Waals surface area contributed by atoms with E-state index in [0.29, 0.717) is 18.9 Å². The molecule has 0 saturated heterocycles. The van der Waals surface area contributed by atoms with Gasteiger partial charge in [-0.05, 0) is 24.8 Å². The maximum atomic E-state index is 10.9. The Morgan fingerprint density at radius 1 is 1.31 bits per heavy atom.